The first kappa shape index (κ1) is 11.2. The van der Waals surface area contributed by atoms with Gasteiger partial charge >= 0.3 is 0 Å². The molecule has 0 aromatic heterocycles. The topological polar surface area (TPSA) is 35.8 Å². The fourth-order valence-corrected chi connectivity index (χ4v) is 1.57. The standard InChI is InChI=1S/C14H11FN2/c15-13-7-6-11(9-16)12(8-13)10-17-14-4-2-1-3-5-14/h1-8,17H,10H2. The van der Waals surface area contributed by atoms with Gasteiger partial charge in [-0.05, 0) is 35.9 Å². The number of rotatable bonds is 3. The van der Waals surface area contributed by atoms with Crippen LogP contribution in [0.4, 0.5) is 10.1 Å². The fraction of sp³-hybridized carbons (Fsp3) is 0.0714. The Balaban J connectivity index is 2.14. The molecule has 0 heterocycles. The van der Waals surface area contributed by atoms with E-state index in [1.807, 2.05) is 30.3 Å². The molecule has 0 amide bonds. The van der Waals surface area contributed by atoms with Crippen molar-refractivity contribution in [2.24, 2.45) is 0 Å². The van der Waals surface area contributed by atoms with Gasteiger partial charge < -0.3 is 5.32 Å². The van der Waals surface area contributed by atoms with Crippen molar-refractivity contribution >= 4 is 5.69 Å². The van der Waals surface area contributed by atoms with Gasteiger partial charge in [0.2, 0.25) is 0 Å². The van der Waals surface area contributed by atoms with Crippen LogP contribution < -0.4 is 5.32 Å². The number of anilines is 1. The third-order valence-corrected chi connectivity index (χ3v) is 2.44. The Labute approximate surface area is 99.3 Å². The van der Waals surface area contributed by atoms with E-state index in [1.165, 1.54) is 18.2 Å². The number of para-hydroxylation sites is 1. The number of benzene rings is 2. The van der Waals surface area contributed by atoms with Gasteiger partial charge in [-0.3, -0.25) is 0 Å². The van der Waals surface area contributed by atoms with Crippen LogP contribution >= 0.6 is 0 Å². The number of halogens is 1. The maximum atomic E-state index is 13.1. The van der Waals surface area contributed by atoms with Crippen molar-refractivity contribution in [1.29, 1.82) is 5.26 Å². The highest BCUT2D eigenvalue weighted by atomic mass is 19.1. The summed E-state index contributed by atoms with van der Waals surface area (Å²) in [6.45, 7) is 0.435. The molecule has 0 atom stereocenters. The van der Waals surface area contributed by atoms with Crippen molar-refractivity contribution in [2.45, 2.75) is 6.54 Å². The summed E-state index contributed by atoms with van der Waals surface area (Å²) >= 11 is 0. The molecule has 2 aromatic carbocycles. The smallest absolute Gasteiger partial charge is 0.123 e. The molecule has 0 aliphatic rings. The van der Waals surface area contributed by atoms with E-state index in [4.69, 9.17) is 5.26 Å². The highest BCUT2D eigenvalue weighted by molar-refractivity contribution is 5.45. The van der Waals surface area contributed by atoms with Crippen molar-refractivity contribution < 1.29 is 4.39 Å². The first-order valence-electron chi connectivity index (χ1n) is 5.27. The van der Waals surface area contributed by atoms with E-state index in [0.29, 0.717) is 17.7 Å². The Morgan fingerprint density at radius 2 is 1.88 bits per heavy atom. The summed E-state index contributed by atoms with van der Waals surface area (Å²) in [5.74, 6) is -0.325. The van der Waals surface area contributed by atoms with E-state index < -0.39 is 0 Å². The van der Waals surface area contributed by atoms with Crippen LogP contribution in [0.5, 0.6) is 0 Å². The number of hydrogen-bond acceptors (Lipinski definition) is 2. The average molecular weight is 226 g/mol. The highest BCUT2D eigenvalue weighted by Crippen LogP contribution is 2.13. The molecule has 1 N–H and O–H groups in total. The summed E-state index contributed by atoms with van der Waals surface area (Å²) in [6.07, 6.45) is 0. The zero-order valence-corrected chi connectivity index (χ0v) is 9.15. The Hall–Kier alpha value is -2.34. The number of nitrogens with one attached hydrogen (secondary N) is 1. The molecule has 0 saturated carbocycles. The number of hydrogen-bond donors (Lipinski definition) is 1. The van der Waals surface area contributed by atoms with Crippen molar-refractivity contribution in [3.8, 4) is 6.07 Å². The molecule has 0 bridgehead atoms. The number of nitrogens with zero attached hydrogens (tertiary/aromatic N) is 1. The third kappa shape index (κ3) is 2.82. The first-order chi connectivity index (χ1) is 8.29. The van der Waals surface area contributed by atoms with Crippen LogP contribution in [-0.4, -0.2) is 0 Å². The minimum atomic E-state index is -0.325. The third-order valence-electron chi connectivity index (χ3n) is 2.44. The maximum absolute atomic E-state index is 13.1. The molecule has 3 heteroatoms. The first-order valence-corrected chi connectivity index (χ1v) is 5.27. The van der Waals surface area contributed by atoms with Gasteiger partial charge in [0.15, 0.2) is 0 Å². The van der Waals surface area contributed by atoms with Crippen LogP contribution in [0, 0.1) is 17.1 Å². The van der Waals surface area contributed by atoms with E-state index in [9.17, 15) is 4.39 Å². The molecule has 2 aromatic rings. The minimum absolute atomic E-state index is 0.325. The molecule has 0 saturated heterocycles. The fourth-order valence-electron chi connectivity index (χ4n) is 1.57. The van der Waals surface area contributed by atoms with E-state index >= 15 is 0 Å². The molecule has 0 fully saturated rings. The Kier molecular flexibility index (Phi) is 3.37. The van der Waals surface area contributed by atoms with Crippen LogP contribution in [0.3, 0.4) is 0 Å². The molecule has 0 spiro atoms. The normalized spacial score (nSPS) is 9.65. The molecule has 0 radical (unpaired) electrons. The Morgan fingerprint density at radius 1 is 1.12 bits per heavy atom. The average Bonchev–Trinajstić information content (AvgIpc) is 2.38. The van der Waals surface area contributed by atoms with E-state index in [-0.39, 0.29) is 5.82 Å². The lowest BCUT2D eigenvalue weighted by Crippen LogP contribution is -2.02. The summed E-state index contributed by atoms with van der Waals surface area (Å²) in [5.41, 5.74) is 2.10. The molecule has 17 heavy (non-hydrogen) atoms. The maximum Gasteiger partial charge on any atom is 0.123 e. The SMILES string of the molecule is N#Cc1ccc(F)cc1CNc1ccccc1. The molecule has 0 aliphatic carbocycles. The Morgan fingerprint density at radius 3 is 2.59 bits per heavy atom. The second-order valence-corrected chi connectivity index (χ2v) is 3.63. The van der Waals surface area contributed by atoms with Gasteiger partial charge in [0, 0.05) is 12.2 Å². The van der Waals surface area contributed by atoms with Gasteiger partial charge in [-0.1, -0.05) is 18.2 Å². The van der Waals surface area contributed by atoms with Gasteiger partial charge in [-0.25, -0.2) is 4.39 Å². The number of nitriles is 1. The minimum Gasteiger partial charge on any atom is -0.381 e. The van der Waals surface area contributed by atoms with Crippen LogP contribution in [0.25, 0.3) is 0 Å². The molecule has 0 unspecified atom stereocenters. The molecule has 84 valence electrons. The monoisotopic (exact) mass is 226 g/mol. The van der Waals surface area contributed by atoms with Crippen molar-refractivity contribution in [1.82, 2.24) is 0 Å². The van der Waals surface area contributed by atoms with Gasteiger partial charge in [0.1, 0.15) is 5.82 Å². The van der Waals surface area contributed by atoms with Crippen molar-refractivity contribution in [3.63, 3.8) is 0 Å². The molecule has 0 aliphatic heterocycles. The Bertz CT molecular complexity index is 544. The molecular weight excluding hydrogens is 215 g/mol. The van der Waals surface area contributed by atoms with E-state index in [0.717, 1.165) is 5.69 Å². The van der Waals surface area contributed by atoms with Crippen LogP contribution in [0.15, 0.2) is 48.5 Å². The van der Waals surface area contributed by atoms with Gasteiger partial charge in [-0.15, -0.1) is 0 Å². The van der Waals surface area contributed by atoms with Crippen LogP contribution in [0.2, 0.25) is 0 Å². The molecule has 2 rings (SSSR count). The quantitative estimate of drug-likeness (QED) is 0.871. The predicted octanol–water partition coefficient (Wildman–Crippen LogP) is 3.31. The summed E-state index contributed by atoms with van der Waals surface area (Å²) in [6, 6.07) is 15.8. The largest absolute Gasteiger partial charge is 0.381 e. The van der Waals surface area contributed by atoms with E-state index in [1.54, 1.807) is 0 Å². The lowest BCUT2D eigenvalue weighted by molar-refractivity contribution is 0.625. The summed E-state index contributed by atoms with van der Waals surface area (Å²) < 4.78 is 13.1. The van der Waals surface area contributed by atoms with Crippen LogP contribution in [-0.2, 0) is 6.54 Å². The van der Waals surface area contributed by atoms with E-state index in [2.05, 4.69) is 11.4 Å². The lowest BCUT2D eigenvalue weighted by atomic mass is 10.1. The van der Waals surface area contributed by atoms with Crippen molar-refractivity contribution in [3.05, 3.63) is 65.5 Å². The zero-order valence-electron chi connectivity index (χ0n) is 9.15. The highest BCUT2D eigenvalue weighted by Gasteiger charge is 2.03. The lowest BCUT2D eigenvalue weighted by Gasteiger charge is -2.07. The second kappa shape index (κ2) is 5.13. The summed E-state index contributed by atoms with van der Waals surface area (Å²) in [5, 5.41) is 12.1. The summed E-state index contributed by atoms with van der Waals surface area (Å²) in [7, 11) is 0. The zero-order chi connectivity index (χ0) is 12.1. The second-order valence-electron chi connectivity index (χ2n) is 3.63. The molecule has 2 nitrogen and oxygen atoms in total. The van der Waals surface area contributed by atoms with Gasteiger partial charge in [-0.2, -0.15) is 5.26 Å². The van der Waals surface area contributed by atoms with Gasteiger partial charge in [0.05, 0.1) is 11.6 Å². The van der Waals surface area contributed by atoms with Crippen molar-refractivity contribution in [2.75, 3.05) is 5.32 Å². The molecular formula is C14H11FN2. The summed E-state index contributed by atoms with van der Waals surface area (Å²) in [4.78, 5) is 0. The van der Waals surface area contributed by atoms with Gasteiger partial charge in [0.25, 0.3) is 0 Å². The predicted molar refractivity (Wildman–Crippen MR) is 64.9 cm³/mol. The van der Waals surface area contributed by atoms with Crippen LogP contribution in [0.1, 0.15) is 11.1 Å².